The molecule has 1 atom stereocenters. The highest BCUT2D eigenvalue weighted by molar-refractivity contribution is 9.10. The molecule has 1 aromatic rings. The van der Waals surface area contributed by atoms with Gasteiger partial charge in [0.2, 0.25) is 0 Å². The van der Waals surface area contributed by atoms with Gasteiger partial charge in [-0.25, -0.2) is 0 Å². The minimum Gasteiger partial charge on any atom is -0.374 e. The molecule has 1 unspecified atom stereocenters. The Balaban J connectivity index is 1.98. The van der Waals surface area contributed by atoms with Crippen LogP contribution in [0.2, 0.25) is 0 Å². The van der Waals surface area contributed by atoms with Crippen molar-refractivity contribution in [3.63, 3.8) is 0 Å². The minimum absolute atomic E-state index is 0.797. The molecule has 2 rings (SSSR count). The lowest BCUT2D eigenvalue weighted by atomic mass is 10.1. The van der Waals surface area contributed by atoms with E-state index >= 15 is 0 Å². The van der Waals surface area contributed by atoms with Crippen molar-refractivity contribution < 1.29 is 0 Å². The molecular formula is C15H24BrN3. The Labute approximate surface area is 125 Å². The largest absolute Gasteiger partial charge is 0.374 e. The van der Waals surface area contributed by atoms with E-state index in [2.05, 4.69) is 63.3 Å². The maximum absolute atomic E-state index is 3.66. The number of nitrogens with zero attached hydrogens (tertiary/aromatic N) is 2. The van der Waals surface area contributed by atoms with E-state index in [-0.39, 0.29) is 0 Å². The number of hydrogen-bond acceptors (Lipinski definition) is 3. The first-order chi connectivity index (χ1) is 9.10. The normalized spacial score (nSPS) is 19.9. The van der Waals surface area contributed by atoms with Crippen molar-refractivity contribution >= 4 is 21.6 Å². The van der Waals surface area contributed by atoms with Crippen LogP contribution in [0.3, 0.4) is 0 Å². The molecule has 3 nitrogen and oxygen atoms in total. The molecule has 0 amide bonds. The monoisotopic (exact) mass is 325 g/mol. The van der Waals surface area contributed by atoms with Crippen molar-refractivity contribution in [1.82, 2.24) is 10.2 Å². The highest BCUT2D eigenvalue weighted by atomic mass is 79.9. The molecule has 0 saturated carbocycles. The number of anilines is 1. The third-order valence-electron chi connectivity index (χ3n) is 3.87. The molecule has 1 aromatic carbocycles. The van der Waals surface area contributed by atoms with Gasteiger partial charge in [0.05, 0.1) is 0 Å². The molecule has 1 heterocycles. The summed E-state index contributed by atoms with van der Waals surface area (Å²) < 4.78 is 1.19. The summed E-state index contributed by atoms with van der Waals surface area (Å²) in [6.45, 7) is 4.51. The number of rotatable bonds is 5. The van der Waals surface area contributed by atoms with Gasteiger partial charge in [0, 0.05) is 36.8 Å². The molecular weight excluding hydrogens is 302 g/mol. The quantitative estimate of drug-likeness (QED) is 0.897. The first-order valence-electron chi connectivity index (χ1n) is 6.93. The second kappa shape index (κ2) is 6.73. The Morgan fingerprint density at radius 3 is 2.84 bits per heavy atom. The Kier molecular flexibility index (Phi) is 5.25. The second-order valence-electron chi connectivity index (χ2n) is 5.60. The Morgan fingerprint density at radius 2 is 2.26 bits per heavy atom. The summed E-state index contributed by atoms with van der Waals surface area (Å²) in [5, 5.41) is 3.19. The van der Waals surface area contributed by atoms with Gasteiger partial charge in [-0.15, -0.1) is 0 Å². The van der Waals surface area contributed by atoms with Gasteiger partial charge in [0.25, 0.3) is 0 Å². The third-order valence-corrected chi connectivity index (χ3v) is 4.60. The molecule has 106 valence electrons. The Hall–Kier alpha value is -0.580. The fourth-order valence-electron chi connectivity index (χ4n) is 2.78. The fourth-order valence-corrected chi connectivity index (χ4v) is 3.28. The highest BCUT2D eigenvalue weighted by Gasteiger charge is 2.20. The van der Waals surface area contributed by atoms with Gasteiger partial charge >= 0.3 is 0 Å². The van der Waals surface area contributed by atoms with Crippen LogP contribution in [-0.4, -0.2) is 45.7 Å². The summed E-state index contributed by atoms with van der Waals surface area (Å²) in [6, 6.07) is 6.65. The summed E-state index contributed by atoms with van der Waals surface area (Å²) >= 11 is 3.66. The average Bonchev–Trinajstić information content (AvgIpc) is 2.77. The molecule has 0 aromatic heterocycles. The topological polar surface area (TPSA) is 18.5 Å². The van der Waals surface area contributed by atoms with Gasteiger partial charge in [0.1, 0.15) is 0 Å². The number of benzene rings is 1. The van der Waals surface area contributed by atoms with Crippen molar-refractivity contribution in [3.8, 4) is 0 Å². The van der Waals surface area contributed by atoms with Crippen molar-refractivity contribution in [2.75, 3.05) is 45.7 Å². The number of likely N-dealkylation sites (tertiary alicyclic amines) is 1. The van der Waals surface area contributed by atoms with Gasteiger partial charge in [-0.2, -0.15) is 0 Å². The van der Waals surface area contributed by atoms with Crippen LogP contribution in [0.1, 0.15) is 12.0 Å². The van der Waals surface area contributed by atoms with Crippen molar-refractivity contribution in [2.24, 2.45) is 5.92 Å². The molecule has 1 aliphatic heterocycles. The molecule has 0 radical (unpaired) electrons. The highest BCUT2D eigenvalue weighted by Crippen LogP contribution is 2.25. The summed E-state index contributed by atoms with van der Waals surface area (Å²) in [5.41, 5.74) is 2.60. The SMILES string of the molecule is CNCc1ccc(N(C)CC2CCN(C)C2)cc1Br. The molecule has 0 spiro atoms. The third kappa shape index (κ3) is 3.94. The Bertz CT molecular complexity index is 422. The van der Waals surface area contributed by atoms with Crippen LogP contribution in [0.4, 0.5) is 5.69 Å². The fraction of sp³-hybridized carbons (Fsp3) is 0.600. The summed E-state index contributed by atoms with van der Waals surface area (Å²) in [6.07, 6.45) is 1.32. The zero-order valence-electron chi connectivity index (χ0n) is 12.1. The summed E-state index contributed by atoms with van der Waals surface area (Å²) in [4.78, 5) is 4.79. The van der Waals surface area contributed by atoms with Crippen LogP contribution in [-0.2, 0) is 6.54 Å². The molecule has 0 aliphatic carbocycles. The lowest BCUT2D eigenvalue weighted by molar-refractivity contribution is 0.396. The maximum atomic E-state index is 3.66. The van der Waals surface area contributed by atoms with Crippen molar-refractivity contribution in [2.45, 2.75) is 13.0 Å². The lowest BCUT2D eigenvalue weighted by Crippen LogP contribution is -2.27. The zero-order chi connectivity index (χ0) is 13.8. The molecule has 1 fully saturated rings. The van der Waals surface area contributed by atoms with Crippen LogP contribution in [0.15, 0.2) is 22.7 Å². The molecule has 1 N–H and O–H groups in total. The number of nitrogens with one attached hydrogen (secondary N) is 1. The van der Waals surface area contributed by atoms with Crippen LogP contribution in [0.25, 0.3) is 0 Å². The predicted octanol–water partition coefficient (Wildman–Crippen LogP) is 2.56. The first-order valence-corrected chi connectivity index (χ1v) is 7.72. The minimum atomic E-state index is 0.797. The van der Waals surface area contributed by atoms with E-state index in [9.17, 15) is 0 Å². The van der Waals surface area contributed by atoms with Gasteiger partial charge in [-0.05, 0) is 50.7 Å². The molecule has 0 bridgehead atoms. The predicted molar refractivity (Wildman–Crippen MR) is 85.8 cm³/mol. The second-order valence-corrected chi connectivity index (χ2v) is 6.46. The average molecular weight is 326 g/mol. The van der Waals surface area contributed by atoms with Gasteiger partial charge < -0.3 is 15.1 Å². The first kappa shape index (κ1) is 14.8. The molecule has 1 aliphatic rings. The van der Waals surface area contributed by atoms with Crippen LogP contribution >= 0.6 is 15.9 Å². The standard InChI is InChI=1S/C15H24BrN3/c1-17-9-13-4-5-14(8-15(13)16)19(3)11-12-6-7-18(2)10-12/h4-5,8,12,17H,6-7,9-11H2,1-3H3. The van der Waals surface area contributed by atoms with E-state index in [1.54, 1.807) is 0 Å². The number of hydrogen-bond donors (Lipinski definition) is 1. The Morgan fingerprint density at radius 1 is 1.47 bits per heavy atom. The lowest BCUT2D eigenvalue weighted by Gasteiger charge is -2.24. The van der Waals surface area contributed by atoms with E-state index in [4.69, 9.17) is 0 Å². The molecule has 4 heteroatoms. The van der Waals surface area contributed by atoms with Crippen molar-refractivity contribution in [1.29, 1.82) is 0 Å². The van der Waals surface area contributed by atoms with Gasteiger partial charge in [-0.1, -0.05) is 22.0 Å². The van der Waals surface area contributed by atoms with E-state index in [1.165, 1.54) is 35.2 Å². The molecule has 1 saturated heterocycles. The van der Waals surface area contributed by atoms with E-state index in [1.807, 2.05) is 7.05 Å². The van der Waals surface area contributed by atoms with Crippen LogP contribution < -0.4 is 10.2 Å². The van der Waals surface area contributed by atoms with Gasteiger partial charge in [-0.3, -0.25) is 0 Å². The summed E-state index contributed by atoms with van der Waals surface area (Å²) in [5.74, 6) is 0.797. The van der Waals surface area contributed by atoms with Gasteiger partial charge in [0.15, 0.2) is 0 Å². The smallest absolute Gasteiger partial charge is 0.0375 e. The maximum Gasteiger partial charge on any atom is 0.0375 e. The van der Waals surface area contributed by atoms with Crippen molar-refractivity contribution in [3.05, 3.63) is 28.2 Å². The zero-order valence-corrected chi connectivity index (χ0v) is 13.7. The number of halogens is 1. The van der Waals surface area contributed by atoms with E-state index < -0.39 is 0 Å². The van der Waals surface area contributed by atoms with Crippen LogP contribution in [0, 0.1) is 5.92 Å². The van der Waals surface area contributed by atoms with E-state index in [0.717, 1.165) is 19.0 Å². The summed E-state index contributed by atoms with van der Waals surface area (Å²) in [7, 11) is 6.38. The van der Waals surface area contributed by atoms with Crippen LogP contribution in [0.5, 0.6) is 0 Å². The van der Waals surface area contributed by atoms with E-state index in [0.29, 0.717) is 0 Å². The molecule has 19 heavy (non-hydrogen) atoms.